The second-order valence-corrected chi connectivity index (χ2v) is 6.12. The van der Waals surface area contributed by atoms with Gasteiger partial charge in [-0.05, 0) is 49.7 Å². The highest BCUT2D eigenvalue weighted by molar-refractivity contribution is 8.00. The third-order valence-electron chi connectivity index (χ3n) is 3.34. The zero-order chi connectivity index (χ0) is 15.4. The Bertz CT molecular complexity index is 638. The summed E-state index contributed by atoms with van der Waals surface area (Å²) in [5.74, 6) is 0.495. The van der Waals surface area contributed by atoms with Gasteiger partial charge in [0.1, 0.15) is 0 Å². The Hall–Kier alpha value is -1.94. The third-order valence-corrected chi connectivity index (χ3v) is 4.50. The van der Waals surface area contributed by atoms with Crippen LogP contribution in [0, 0.1) is 13.8 Å². The van der Waals surface area contributed by atoms with Crippen LogP contribution in [-0.2, 0) is 4.79 Å². The lowest BCUT2D eigenvalue weighted by Gasteiger charge is -2.17. The van der Waals surface area contributed by atoms with Crippen molar-refractivity contribution >= 4 is 29.0 Å². The molecule has 3 nitrogen and oxygen atoms in total. The average Bonchev–Trinajstić information content (AvgIpc) is 2.46. The Kier molecular flexibility index (Phi) is 4.91. The summed E-state index contributed by atoms with van der Waals surface area (Å²) in [5.41, 5.74) is 9.66. The molecular formula is C17H20N2OS. The number of benzene rings is 2. The normalized spacial score (nSPS) is 10.4. The SMILES string of the molecule is Cc1ccc(SCC(=O)N(C)c2ccc(N)cc2)c(C)c1. The van der Waals surface area contributed by atoms with Crippen molar-refractivity contribution in [1.29, 1.82) is 0 Å². The Balaban J connectivity index is 1.99. The first-order chi connectivity index (χ1) is 9.97. The smallest absolute Gasteiger partial charge is 0.237 e. The van der Waals surface area contributed by atoms with E-state index in [0.29, 0.717) is 11.4 Å². The van der Waals surface area contributed by atoms with Gasteiger partial charge >= 0.3 is 0 Å². The van der Waals surface area contributed by atoms with Crippen LogP contribution in [0.4, 0.5) is 11.4 Å². The topological polar surface area (TPSA) is 46.3 Å². The van der Waals surface area contributed by atoms with E-state index in [9.17, 15) is 4.79 Å². The molecule has 2 aromatic carbocycles. The van der Waals surface area contributed by atoms with Crippen LogP contribution in [0.5, 0.6) is 0 Å². The lowest BCUT2D eigenvalue weighted by atomic mass is 10.2. The van der Waals surface area contributed by atoms with Gasteiger partial charge in [0, 0.05) is 23.3 Å². The van der Waals surface area contributed by atoms with Crippen LogP contribution >= 0.6 is 11.8 Å². The second-order valence-electron chi connectivity index (χ2n) is 5.10. The predicted octanol–water partition coefficient (Wildman–Crippen LogP) is 3.64. The van der Waals surface area contributed by atoms with Crippen LogP contribution in [0.3, 0.4) is 0 Å². The molecule has 0 aliphatic carbocycles. The Morgan fingerprint density at radius 3 is 2.43 bits per heavy atom. The van der Waals surface area contributed by atoms with E-state index in [0.717, 1.165) is 10.6 Å². The van der Waals surface area contributed by atoms with Crippen molar-refractivity contribution in [2.75, 3.05) is 23.4 Å². The van der Waals surface area contributed by atoms with Gasteiger partial charge < -0.3 is 10.6 Å². The predicted molar refractivity (Wildman–Crippen MR) is 90.9 cm³/mol. The maximum absolute atomic E-state index is 12.3. The highest BCUT2D eigenvalue weighted by atomic mass is 32.2. The van der Waals surface area contributed by atoms with Gasteiger partial charge in [0.05, 0.1) is 5.75 Å². The number of nitrogens with zero attached hydrogens (tertiary/aromatic N) is 1. The van der Waals surface area contributed by atoms with E-state index in [4.69, 9.17) is 5.73 Å². The molecule has 0 radical (unpaired) electrons. The standard InChI is InChI=1S/C17H20N2OS/c1-12-4-9-16(13(2)10-12)21-11-17(20)19(3)15-7-5-14(18)6-8-15/h4-10H,11,18H2,1-3H3. The van der Waals surface area contributed by atoms with Crippen LogP contribution in [0.2, 0.25) is 0 Å². The van der Waals surface area contributed by atoms with Gasteiger partial charge in [0.2, 0.25) is 5.91 Å². The molecular weight excluding hydrogens is 280 g/mol. The van der Waals surface area contributed by atoms with E-state index < -0.39 is 0 Å². The fourth-order valence-corrected chi connectivity index (χ4v) is 2.96. The zero-order valence-corrected chi connectivity index (χ0v) is 13.4. The average molecular weight is 300 g/mol. The molecule has 2 aromatic rings. The van der Waals surface area contributed by atoms with E-state index >= 15 is 0 Å². The summed E-state index contributed by atoms with van der Waals surface area (Å²) in [5, 5.41) is 0. The van der Waals surface area contributed by atoms with E-state index in [-0.39, 0.29) is 5.91 Å². The Morgan fingerprint density at radius 1 is 1.14 bits per heavy atom. The molecule has 0 fully saturated rings. The lowest BCUT2D eigenvalue weighted by molar-refractivity contribution is -0.115. The molecule has 2 N–H and O–H groups in total. The minimum atomic E-state index is 0.0738. The van der Waals surface area contributed by atoms with E-state index in [1.165, 1.54) is 11.1 Å². The molecule has 21 heavy (non-hydrogen) atoms. The Morgan fingerprint density at radius 2 is 1.81 bits per heavy atom. The summed E-state index contributed by atoms with van der Waals surface area (Å²) in [6.45, 7) is 4.14. The maximum atomic E-state index is 12.3. The summed E-state index contributed by atoms with van der Waals surface area (Å²) in [6, 6.07) is 13.6. The molecule has 0 unspecified atom stereocenters. The minimum absolute atomic E-state index is 0.0738. The summed E-state index contributed by atoms with van der Waals surface area (Å²) < 4.78 is 0. The zero-order valence-electron chi connectivity index (χ0n) is 12.6. The summed E-state index contributed by atoms with van der Waals surface area (Å²) in [7, 11) is 1.79. The van der Waals surface area contributed by atoms with Gasteiger partial charge in [-0.3, -0.25) is 4.79 Å². The highest BCUT2D eigenvalue weighted by Crippen LogP contribution is 2.24. The van der Waals surface area contributed by atoms with Gasteiger partial charge in [-0.25, -0.2) is 0 Å². The monoisotopic (exact) mass is 300 g/mol. The summed E-state index contributed by atoms with van der Waals surface area (Å²) in [6.07, 6.45) is 0. The number of nitrogens with two attached hydrogens (primary N) is 1. The molecule has 1 amide bonds. The quantitative estimate of drug-likeness (QED) is 0.692. The number of nitrogen functional groups attached to an aromatic ring is 1. The van der Waals surface area contributed by atoms with E-state index in [1.807, 2.05) is 12.1 Å². The number of anilines is 2. The lowest BCUT2D eigenvalue weighted by Crippen LogP contribution is -2.27. The molecule has 2 rings (SSSR count). The van der Waals surface area contributed by atoms with Crippen LogP contribution in [-0.4, -0.2) is 18.7 Å². The molecule has 0 aromatic heterocycles. The van der Waals surface area contributed by atoms with Crippen molar-refractivity contribution in [3.63, 3.8) is 0 Å². The van der Waals surface area contributed by atoms with Crippen molar-refractivity contribution < 1.29 is 4.79 Å². The number of rotatable bonds is 4. The Labute approximate surface area is 130 Å². The van der Waals surface area contributed by atoms with Crippen molar-refractivity contribution in [1.82, 2.24) is 0 Å². The summed E-state index contributed by atoms with van der Waals surface area (Å²) in [4.78, 5) is 15.1. The van der Waals surface area contributed by atoms with Crippen molar-refractivity contribution in [2.24, 2.45) is 0 Å². The first-order valence-corrected chi connectivity index (χ1v) is 7.78. The number of carbonyl (C=O) groups is 1. The first-order valence-electron chi connectivity index (χ1n) is 6.79. The van der Waals surface area contributed by atoms with Crippen molar-refractivity contribution in [3.8, 4) is 0 Å². The van der Waals surface area contributed by atoms with Crippen molar-refractivity contribution in [3.05, 3.63) is 53.6 Å². The molecule has 0 spiro atoms. The molecule has 0 aliphatic heterocycles. The second kappa shape index (κ2) is 6.68. The van der Waals surface area contributed by atoms with E-state index in [1.54, 1.807) is 35.8 Å². The minimum Gasteiger partial charge on any atom is -0.399 e. The van der Waals surface area contributed by atoms with Gasteiger partial charge in [0.15, 0.2) is 0 Å². The van der Waals surface area contributed by atoms with Gasteiger partial charge in [0.25, 0.3) is 0 Å². The summed E-state index contributed by atoms with van der Waals surface area (Å²) >= 11 is 1.57. The highest BCUT2D eigenvalue weighted by Gasteiger charge is 2.12. The number of aryl methyl sites for hydroxylation is 2. The number of hydrogen-bond donors (Lipinski definition) is 1. The van der Waals surface area contributed by atoms with Crippen LogP contribution < -0.4 is 10.6 Å². The van der Waals surface area contributed by atoms with Gasteiger partial charge in [-0.2, -0.15) is 0 Å². The third kappa shape index (κ3) is 4.02. The van der Waals surface area contributed by atoms with Crippen LogP contribution in [0.1, 0.15) is 11.1 Å². The van der Waals surface area contributed by atoms with Gasteiger partial charge in [-0.1, -0.05) is 17.7 Å². The molecule has 0 heterocycles. The maximum Gasteiger partial charge on any atom is 0.237 e. The number of hydrogen-bond acceptors (Lipinski definition) is 3. The fraction of sp³-hybridized carbons (Fsp3) is 0.235. The number of thioether (sulfide) groups is 1. The largest absolute Gasteiger partial charge is 0.399 e. The molecule has 0 saturated carbocycles. The van der Waals surface area contributed by atoms with Gasteiger partial charge in [-0.15, -0.1) is 11.8 Å². The van der Waals surface area contributed by atoms with Crippen LogP contribution in [0.25, 0.3) is 0 Å². The molecule has 0 saturated heterocycles. The van der Waals surface area contributed by atoms with Crippen LogP contribution in [0.15, 0.2) is 47.4 Å². The van der Waals surface area contributed by atoms with E-state index in [2.05, 4.69) is 32.0 Å². The molecule has 0 bridgehead atoms. The first kappa shape index (κ1) is 15.4. The number of carbonyl (C=O) groups excluding carboxylic acids is 1. The fourth-order valence-electron chi connectivity index (χ4n) is 2.04. The molecule has 0 atom stereocenters. The molecule has 110 valence electrons. The number of amides is 1. The molecule has 0 aliphatic rings. The van der Waals surface area contributed by atoms with Crippen molar-refractivity contribution in [2.45, 2.75) is 18.7 Å². The molecule has 4 heteroatoms.